The fourth-order valence-electron chi connectivity index (χ4n) is 2.10. The van der Waals surface area contributed by atoms with Gasteiger partial charge in [0.25, 0.3) is 0 Å². The van der Waals surface area contributed by atoms with E-state index in [9.17, 15) is 10.2 Å². The van der Waals surface area contributed by atoms with Gasteiger partial charge in [-0.3, -0.25) is 0 Å². The monoisotopic (exact) mass is 172 g/mol. The third kappa shape index (κ3) is 1.99. The second kappa shape index (κ2) is 3.75. The van der Waals surface area contributed by atoms with Gasteiger partial charge in [-0.05, 0) is 30.6 Å². The first kappa shape index (κ1) is 10.0. The Morgan fingerprint density at radius 1 is 1.08 bits per heavy atom. The molecular formula is C10H20O2. The number of hydrogen-bond donors (Lipinski definition) is 2. The maximum absolute atomic E-state index is 9.72. The summed E-state index contributed by atoms with van der Waals surface area (Å²) in [6.45, 7) is 6.22. The maximum Gasteiger partial charge on any atom is 0.0575 e. The second-order valence-electron chi connectivity index (χ2n) is 4.49. The first-order valence-corrected chi connectivity index (χ1v) is 4.88. The minimum Gasteiger partial charge on any atom is -0.393 e. The van der Waals surface area contributed by atoms with Crippen molar-refractivity contribution >= 4 is 0 Å². The van der Waals surface area contributed by atoms with Gasteiger partial charge in [0.1, 0.15) is 0 Å². The molecule has 2 N–H and O–H groups in total. The average Bonchev–Trinajstić information content (AvgIpc) is 1.96. The van der Waals surface area contributed by atoms with Crippen LogP contribution in [0.15, 0.2) is 0 Å². The Kier molecular flexibility index (Phi) is 3.13. The summed E-state index contributed by atoms with van der Waals surface area (Å²) in [6, 6.07) is 0. The van der Waals surface area contributed by atoms with Crippen LogP contribution in [0.2, 0.25) is 0 Å². The molecule has 4 atom stereocenters. The summed E-state index contributed by atoms with van der Waals surface area (Å²) in [4.78, 5) is 0. The first-order valence-electron chi connectivity index (χ1n) is 4.88. The molecule has 1 aliphatic rings. The van der Waals surface area contributed by atoms with Crippen molar-refractivity contribution in [2.75, 3.05) is 0 Å². The molecule has 2 heteroatoms. The van der Waals surface area contributed by atoms with Crippen molar-refractivity contribution in [3.05, 3.63) is 0 Å². The predicted molar refractivity (Wildman–Crippen MR) is 48.7 cm³/mol. The average molecular weight is 172 g/mol. The van der Waals surface area contributed by atoms with Crippen LogP contribution in [-0.2, 0) is 0 Å². The highest BCUT2D eigenvalue weighted by Crippen LogP contribution is 2.33. The van der Waals surface area contributed by atoms with Crippen molar-refractivity contribution < 1.29 is 10.2 Å². The summed E-state index contributed by atoms with van der Waals surface area (Å²) >= 11 is 0. The fraction of sp³-hybridized carbons (Fsp3) is 1.00. The van der Waals surface area contributed by atoms with Crippen molar-refractivity contribution in [2.45, 2.75) is 45.8 Å². The highest BCUT2D eigenvalue weighted by Gasteiger charge is 2.34. The molecule has 0 aromatic heterocycles. The van der Waals surface area contributed by atoms with E-state index in [0.29, 0.717) is 5.92 Å². The maximum atomic E-state index is 9.72. The molecule has 0 spiro atoms. The molecule has 0 amide bonds. The van der Waals surface area contributed by atoms with Gasteiger partial charge in [0.15, 0.2) is 0 Å². The van der Waals surface area contributed by atoms with E-state index in [1.807, 2.05) is 6.92 Å². The molecule has 0 radical (unpaired) electrons. The molecule has 0 heterocycles. The Hall–Kier alpha value is -0.0800. The lowest BCUT2D eigenvalue weighted by atomic mass is 9.74. The molecule has 1 fully saturated rings. The third-order valence-corrected chi connectivity index (χ3v) is 3.13. The van der Waals surface area contributed by atoms with E-state index in [4.69, 9.17) is 0 Å². The molecule has 1 aliphatic carbocycles. The van der Waals surface area contributed by atoms with E-state index in [1.165, 1.54) is 0 Å². The molecule has 1 saturated carbocycles. The van der Waals surface area contributed by atoms with E-state index in [2.05, 4.69) is 13.8 Å². The zero-order chi connectivity index (χ0) is 9.30. The number of hydrogen-bond acceptors (Lipinski definition) is 2. The largest absolute Gasteiger partial charge is 0.393 e. The Labute approximate surface area is 74.6 Å². The minimum absolute atomic E-state index is 0.205. The number of rotatable bonds is 1. The topological polar surface area (TPSA) is 40.5 Å². The van der Waals surface area contributed by atoms with Gasteiger partial charge < -0.3 is 10.2 Å². The van der Waals surface area contributed by atoms with Crippen LogP contribution in [0, 0.1) is 17.8 Å². The zero-order valence-corrected chi connectivity index (χ0v) is 8.20. The van der Waals surface area contributed by atoms with E-state index in [0.717, 1.165) is 12.8 Å². The molecule has 0 aliphatic heterocycles. The van der Waals surface area contributed by atoms with Crippen molar-refractivity contribution in [3.63, 3.8) is 0 Å². The smallest absolute Gasteiger partial charge is 0.0575 e. The summed E-state index contributed by atoms with van der Waals surface area (Å²) in [5.74, 6) is 1.02. The van der Waals surface area contributed by atoms with Crippen LogP contribution < -0.4 is 0 Å². The molecule has 0 aromatic rings. The van der Waals surface area contributed by atoms with Gasteiger partial charge in [-0.15, -0.1) is 0 Å². The summed E-state index contributed by atoms with van der Waals surface area (Å²) in [5, 5.41) is 19.3. The van der Waals surface area contributed by atoms with E-state index in [1.54, 1.807) is 0 Å². The molecular weight excluding hydrogens is 152 g/mol. The summed E-state index contributed by atoms with van der Waals surface area (Å²) < 4.78 is 0. The molecule has 0 saturated heterocycles. The molecule has 1 rings (SSSR count). The second-order valence-corrected chi connectivity index (χ2v) is 4.49. The Morgan fingerprint density at radius 3 is 2.17 bits per heavy atom. The van der Waals surface area contributed by atoms with Crippen LogP contribution in [-0.4, -0.2) is 22.4 Å². The molecule has 72 valence electrons. The summed E-state index contributed by atoms with van der Waals surface area (Å²) in [5.41, 5.74) is 0. The van der Waals surface area contributed by atoms with E-state index < -0.39 is 0 Å². The highest BCUT2D eigenvalue weighted by molar-refractivity contribution is 4.84. The Bertz CT molecular complexity index is 145. The standard InChI is InChI=1S/C10H20O2/c1-6(2)8-5-9(11)7(3)4-10(8)12/h6-12H,4-5H2,1-3H3/t7-,8+,9+,10-/m0/s1. The SMILES string of the molecule is CC(C)[C@H]1C[C@@H](O)[C@@H](C)C[C@@H]1O. The molecule has 0 bridgehead atoms. The van der Waals surface area contributed by atoms with Gasteiger partial charge in [0.05, 0.1) is 12.2 Å². The molecule has 0 aromatic carbocycles. The van der Waals surface area contributed by atoms with Crippen LogP contribution in [0.1, 0.15) is 33.6 Å². The molecule has 2 nitrogen and oxygen atoms in total. The lowest BCUT2D eigenvalue weighted by Crippen LogP contribution is -2.39. The van der Waals surface area contributed by atoms with Gasteiger partial charge in [-0.25, -0.2) is 0 Å². The van der Waals surface area contributed by atoms with Gasteiger partial charge in [0, 0.05) is 0 Å². The Morgan fingerprint density at radius 2 is 1.67 bits per heavy atom. The van der Waals surface area contributed by atoms with Crippen LogP contribution in [0.25, 0.3) is 0 Å². The van der Waals surface area contributed by atoms with Gasteiger partial charge in [0.2, 0.25) is 0 Å². The predicted octanol–water partition coefficient (Wildman–Crippen LogP) is 1.41. The van der Waals surface area contributed by atoms with Crippen LogP contribution in [0.5, 0.6) is 0 Å². The number of aliphatic hydroxyl groups excluding tert-OH is 2. The molecule has 0 unspecified atom stereocenters. The van der Waals surface area contributed by atoms with Crippen molar-refractivity contribution in [2.24, 2.45) is 17.8 Å². The van der Waals surface area contributed by atoms with Gasteiger partial charge in [-0.1, -0.05) is 20.8 Å². The normalized spacial score (nSPS) is 43.5. The first-order chi connectivity index (χ1) is 5.52. The van der Waals surface area contributed by atoms with Crippen molar-refractivity contribution in [3.8, 4) is 0 Å². The number of aliphatic hydroxyl groups is 2. The van der Waals surface area contributed by atoms with Gasteiger partial charge in [-0.2, -0.15) is 0 Å². The van der Waals surface area contributed by atoms with Gasteiger partial charge >= 0.3 is 0 Å². The zero-order valence-electron chi connectivity index (χ0n) is 8.20. The van der Waals surface area contributed by atoms with E-state index in [-0.39, 0.29) is 24.0 Å². The van der Waals surface area contributed by atoms with Crippen molar-refractivity contribution in [1.29, 1.82) is 0 Å². The summed E-state index contributed by atoms with van der Waals surface area (Å²) in [7, 11) is 0. The van der Waals surface area contributed by atoms with Crippen LogP contribution in [0.4, 0.5) is 0 Å². The lowest BCUT2D eigenvalue weighted by Gasteiger charge is -2.37. The lowest BCUT2D eigenvalue weighted by molar-refractivity contribution is -0.0413. The van der Waals surface area contributed by atoms with Crippen LogP contribution >= 0.6 is 0 Å². The fourth-order valence-corrected chi connectivity index (χ4v) is 2.10. The van der Waals surface area contributed by atoms with Crippen molar-refractivity contribution in [1.82, 2.24) is 0 Å². The Balaban J connectivity index is 2.55. The van der Waals surface area contributed by atoms with Crippen LogP contribution in [0.3, 0.4) is 0 Å². The quantitative estimate of drug-likeness (QED) is 0.628. The van der Waals surface area contributed by atoms with E-state index >= 15 is 0 Å². The summed E-state index contributed by atoms with van der Waals surface area (Å²) in [6.07, 6.45) is 1.11. The minimum atomic E-state index is -0.208. The third-order valence-electron chi connectivity index (χ3n) is 3.13. The molecule has 12 heavy (non-hydrogen) atoms. The highest BCUT2D eigenvalue weighted by atomic mass is 16.3.